The maximum Gasteiger partial charge on any atom is 0.00407 e. The minimum atomic E-state index is 0.975. The molecule has 1 aromatic carbocycles. The molecule has 0 atom stereocenters. The summed E-state index contributed by atoms with van der Waals surface area (Å²) in [5, 5.41) is 0. The molecule has 0 aliphatic heterocycles. The van der Waals surface area contributed by atoms with Crippen molar-refractivity contribution >= 4 is 25.3 Å². The molecule has 0 bridgehead atoms. The molecule has 0 radical (unpaired) electrons. The molecule has 0 fully saturated rings. The normalized spacial score (nSPS) is 8.00. The third kappa shape index (κ3) is 3.85. The Labute approximate surface area is 73.5 Å². The average molecular weight is 172 g/mol. The predicted octanol–water partition coefficient (Wildman–Crippen LogP) is 3.29. The summed E-state index contributed by atoms with van der Waals surface area (Å²) in [4.78, 5) is 1.95. The number of rotatable bonds is 0. The standard InChI is InChI=1S/C6H6S2.C2H6/c7-5-1-2-6(8)4-3-5;1-2/h1-4,7-8H;1-2H3. The van der Waals surface area contributed by atoms with Crippen LogP contribution in [-0.2, 0) is 0 Å². The van der Waals surface area contributed by atoms with Gasteiger partial charge in [0, 0.05) is 9.79 Å². The summed E-state index contributed by atoms with van der Waals surface area (Å²) in [5.74, 6) is 0. The molecule has 0 aliphatic rings. The Hall–Kier alpha value is -0.0800. The van der Waals surface area contributed by atoms with Gasteiger partial charge in [0.05, 0.1) is 0 Å². The van der Waals surface area contributed by atoms with Crippen molar-refractivity contribution in [1.82, 2.24) is 0 Å². The maximum absolute atomic E-state index is 4.10. The zero-order valence-electron chi connectivity index (χ0n) is 6.20. The van der Waals surface area contributed by atoms with Crippen LogP contribution in [0.25, 0.3) is 0 Å². The van der Waals surface area contributed by atoms with Gasteiger partial charge in [0.1, 0.15) is 0 Å². The molecule has 0 aliphatic carbocycles. The third-order valence-corrected chi connectivity index (χ3v) is 1.45. The van der Waals surface area contributed by atoms with Crippen LogP contribution in [0.3, 0.4) is 0 Å². The minimum Gasteiger partial charge on any atom is -0.143 e. The summed E-state index contributed by atoms with van der Waals surface area (Å²) in [6.07, 6.45) is 0. The van der Waals surface area contributed by atoms with Gasteiger partial charge in [-0.25, -0.2) is 0 Å². The minimum absolute atomic E-state index is 0.975. The Balaban J connectivity index is 0.000000371. The molecule has 2 heteroatoms. The lowest BCUT2D eigenvalue weighted by Gasteiger charge is -1.88. The van der Waals surface area contributed by atoms with Crippen LogP contribution in [0.5, 0.6) is 0 Å². The highest BCUT2D eigenvalue weighted by Gasteiger charge is 1.81. The molecule has 10 heavy (non-hydrogen) atoms. The van der Waals surface area contributed by atoms with Crippen molar-refractivity contribution in [3.8, 4) is 0 Å². The lowest BCUT2D eigenvalue weighted by atomic mass is 10.4. The van der Waals surface area contributed by atoms with E-state index in [1.807, 2.05) is 38.1 Å². The van der Waals surface area contributed by atoms with Crippen molar-refractivity contribution in [1.29, 1.82) is 0 Å². The SMILES string of the molecule is CC.Sc1ccc(S)cc1. The zero-order valence-corrected chi connectivity index (χ0v) is 7.99. The Morgan fingerprint density at radius 1 is 0.800 bits per heavy atom. The summed E-state index contributed by atoms with van der Waals surface area (Å²) < 4.78 is 0. The molecule has 0 unspecified atom stereocenters. The van der Waals surface area contributed by atoms with E-state index in [4.69, 9.17) is 0 Å². The second-order valence-electron chi connectivity index (χ2n) is 1.52. The van der Waals surface area contributed by atoms with Gasteiger partial charge >= 0.3 is 0 Å². The summed E-state index contributed by atoms with van der Waals surface area (Å²) in [6, 6.07) is 7.63. The fraction of sp³-hybridized carbons (Fsp3) is 0.250. The molecule has 0 saturated carbocycles. The lowest BCUT2D eigenvalue weighted by Crippen LogP contribution is -1.63. The highest BCUT2D eigenvalue weighted by Crippen LogP contribution is 2.09. The molecule has 0 amide bonds. The van der Waals surface area contributed by atoms with Crippen molar-refractivity contribution in [2.45, 2.75) is 23.6 Å². The monoisotopic (exact) mass is 172 g/mol. The highest BCUT2D eigenvalue weighted by atomic mass is 32.1. The number of hydrogen-bond donors (Lipinski definition) is 2. The third-order valence-electron chi connectivity index (χ3n) is 0.850. The lowest BCUT2D eigenvalue weighted by molar-refractivity contribution is 1.37. The molecule has 1 rings (SSSR count). The van der Waals surface area contributed by atoms with Crippen LogP contribution in [0.2, 0.25) is 0 Å². The molecule has 0 nitrogen and oxygen atoms in total. The summed E-state index contributed by atoms with van der Waals surface area (Å²) in [6.45, 7) is 4.00. The van der Waals surface area contributed by atoms with E-state index in [0.717, 1.165) is 9.79 Å². The summed E-state index contributed by atoms with van der Waals surface area (Å²) in [5.41, 5.74) is 0. The molecule has 0 saturated heterocycles. The molecule has 0 N–H and O–H groups in total. The Bertz CT molecular complexity index is 146. The van der Waals surface area contributed by atoms with Gasteiger partial charge in [0.25, 0.3) is 0 Å². The Kier molecular flexibility index (Phi) is 5.64. The van der Waals surface area contributed by atoms with Gasteiger partial charge in [-0.2, -0.15) is 0 Å². The van der Waals surface area contributed by atoms with Crippen molar-refractivity contribution in [3.05, 3.63) is 24.3 Å². The van der Waals surface area contributed by atoms with Crippen LogP contribution in [0.15, 0.2) is 34.1 Å². The molecule has 56 valence electrons. The van der Waals surface area contributed by atoms with Gasteiger partial charge in [-0.3, -0.25) is 0 Å². The molecular formula is C8H12S2. The Morgan fingerprint density at radius 3 is 1.20 bits per heavy atom. The van der Waals surface area contributed by atoms with Gasteiger partial charge in [-0.05, 0) is 24.3 Å². The molecule has 0 spiro atoms. The summed E-state index contributed by atoms with van der Waals surface area (Å²) >= 11 is 8.20. The largest absolute Gasteiger partial charge is 0.143 e. The molecular weight excluding hydrogens is 160 g/mol. The fourth-order valence-corrected chi connectivity index (χ4v) is 0.751. The van der Waals surface area contributed by atoms with Gasteiger partial charge in [0.15, 0.2) is 0 Å². The predicted molar refractivity (Wildman–Crippen MR) is 52.3 cm³/mol. The van der Waals surface area contributed by atoms with Gasteiger partial charge in [-0.15, -0.1) is 25.3 Å². The number of benzene rings is 1. The number of hydrogen-bond acceptors (Lipinski definition) is 2. The van der Waals surface area contributed by atoms with Crippen molar-refractivity contribution in [2.24, 2.45) is 0 Å². The second kappa shape index (κ2) is 5.69. The van der Waals surface area contributed by atoms with Crippen LogP contribution >= 0.6 is 25.3 Å². The second-order valence-corrected chi connectivity index (χ2v) is 2.55. The van der Waals surface area contributed by atoms with E-state index in [-0.39, 0.29) is 0 Å². The van der Waals surface area contributed by atoms with Crippen LogP contribution in [0, 0.1) is 0 Å². The first kappa shape index (κ1) is 9.92. The van der Waals surface area contributed by atoms with E-state index < -0.39 is 0 Å². The maximum atomic E-state index is 4.10. The molecule has 1 aromatic rings. The van der Waals surface area contributed by atoms with E-state index in [1.54, 1.807) is 0 Å². The average Bonchev–Trinajstić information content (AvgIpc) is 2.00. The van der Waals surface area contributed by atoms with Crippen LogP contribution in [-0.4, -0.2) is 0 Å². The fourth-order valence-electron chi connectivity index (χ4n) is 0.453. The van der Waals surface area contributed by atoms with Crippen molar-refractivity contribution in [3.63, 3.8) is 0 Å². The summed E-state index contributed by atoms with van der Waals surface area (Å²) in [7, 11) is 0. The van der Waals surface area contributed by atoms with Crippen LogP contribution in [0.1, 0.15) is 13.8 Å². The number of thiol groups is 2. The van der Waals surface area contributed by atoms with Crippen molar-refractivity contribution < 1.29 is 0 Å². The smallest absolute Gasteiger partial charge is 0.00407 e. The molecule has 0 aromatic heterocycles. The first-order chi connectivity index (χ1) is 4.79. The van der Waals surface area contributed by atoms with Gasteiger partial charge in [0.2, 0.25) is 0 Å². The highest BCUT2D eigenvalue weighted by molar-refractivity contribution is 7.80. The molecule has 0 heterocycles. The van der Waals surface area contributed by atoms with Crippen LogP contribution < -0.4 is 0 Å². The zero-order chi connectivity index (χ0) is 7.98. The van der Waals surface area contributed by atoms with Gasteiger partial charge < -0.3 is 0 Å². The first-order valence-corrected chi connectivity index (χ1v) is 4.16. The first-order valence-electron chi connectivity index (χ1n) is 3.27. The van der Waals surface area contributed by atoms with E-state index in [2.05, 4.69) is 25.3 Å². The van der Waals surface area contributed by atoms with Crippen LogP contribution in [0.4, 0.5) is 0 Å². The van der Waals surface area contributed by atoms with Gasteiger partial charge in [-0.1, -0.05) is 13.8 Å². The Morgan fingerprint density at radius 2 is 1.00 bits per heavy atom. The van der Waals surface area contributed by atoms with E-state index >= 15 is 0 Å². The van der Waals surface area contributed by atoms with E-state index in [1.165, 1.54) is 0 Å². The quantitative estimate of drug-likeness (QED) is 0.551. The topological polar surface area (TPSA) is 0 Å². The van der Waals surface area contributed by atoms with Crippen molar-refractivity contribution in [2.75, 3.05) is 0 Å². The van der Waals surface area contributed by atoms with E-state index in [9.17, 15) is 0 Å². The van der Waals surface area contributed by atoms with E-state index in [0.29, 0.717) is 0 Å².